The van der Waals surface area contributed by atoms with E-state index in [9.17, 15) is 18.7 Å². The summed E-state index contributed by atoms with van der Waals surface area (Å²) < 4.78 is 27.6. The summed E-state index contributed by atoms with van der Waals surface area (Å²) in [5, 5.41) is 9.80. The molecule has 0 aromatic heterocycles. The van der Waals surface area contributed by atoms with Crippen molar-refractivity contribution in [3.8, 4) is 11.1 Å². The molecule has 0 fully saturated rings. The number of carboxylic acids is 1. The maximum absolute atomic E-state index is 14.3. The second-order valence-electron chi connectivity index (χ2n) is 8.60. The van der Waals surface area contributed by atoms with Gasteiger partial charge in [0.15, 0.2) is 0 Å². The Kier molecular flexibility index (Phi) is 7.68. The number of carbonyl (C=O) groups is 1. The normalized spacial score (nSPS) is 12.9. The molecule has 2 atom stereocenters. The van der Waals surface area contributed by atoms with Crippen molar-refractivity contribution in [1.29, 1.82) is 0 Å². The minimum absolute atomic E-state index is 0.0602. The van der Waals surface area contributed by atoms with E-state index in [1.165, 1.54) is 12.1 Å². The van der Waals surface area contributed by atoms with Crippen molar-refractivity contribution in [3.63, 3.8) is 0 Å². The Balaban J connectivity index is 1.72. The van der Waals surface area contributed by atoms with Crippen LogP contribution in [0.4, 0.5) is 8.78 Å². The van der Waals surface area contributed by atoms with E-state index in [4.69, 9.17) is 0 Å². The fourth-order valence-electron chi connectivity index (χ4n) is 4.43. The van der Waals surface area contributed by atoms with E-state index in [0.717, 1.165) is 22.8 Å². The number of aliphatic carboxylic acids is 1. The number of hydrogen-bond donors (Lipinski definition) is 1. The van der Waals surface area contributed by atoms with Gasteiger partial charge < -0.3 is 5.11 Å². The molecule has 5 heteroatoms. The van der Waals surface area contributed by atoms with E-state index in [1.807, 2.05) is 72.8 Å². The maximum Gasteiger partial charge on any atom is 0.305 e. The van der Waals surface area contributed by atoms with Gasteiger partial charge in [0.2, 0.25) is 0 Å². The summed E-state index contributed by atoms with van der Waals surface area (Å²) in [4.78, 5) is 14.1. The number of rotatable bonds is 9. The largest absolute Gasteiger partial charge is 0.481 e. The lowest BCUT2D eigenvalue weighted by Crippen LogP contribution is -2.32. The standard InChI is InChI=1S/C30H27F2NO2/c1-21(23-10-6-3-7-11-23)33(20-22-8-4-2-5-9-22)29(19-30(34)35)25-14-12-24(13-15-25)27-17-16-26(31)18-28(27)32/h2-18,21,29H,19-20H2,1H3,(H,34,35)/t21-,29+/m1/s1. The zero-order chi connectivity index (χ0) is 24.8. The van der Waals surface area contributed by atoms with Crippen LogP contribution in [0, 0.1) is 11.6 Å². The lowest BCUT2D eigenvalue weighted by molar-refractivity contribution is -0.138. The summed E-state index contributed by atoms with van der Waals surface area (Å²) in [6.45, 7) is 2.64. The van der Waals surface area contributed by atoms with Gasteiger partial charge in [-0.1, -0.05) is 84.9 Å². The topological polar surface area (TPSA) is 40.5 Å². The van der Waals surface area contributed by atoms with Crippen molar-refractivity contribution in [2.75, 3.05) is 0 Å². The molecule has 1 N–H and O–H groups in total. The molecule has 0 radical (unpaired) electrons. The minimum atomic E-state index is -0.901. The van der Waals surface area contributed by atoms with Crippen LogP contribution in [0.2, 0.25) is 0 Å². The van der Waals surface area contributed by atoms with E-state index >= 15 is 0 Å². The van der Waals surface area contributed by atoms with Crippen LogP contribution in [-0.4, -0.2) is 16.0 Å². The molecule has 0 spiro atoms. The first-order valence-electron chi connectivity index (χ1n) is 11.5. The zero-order valence-corrected chi connectivity index (χ0v) is 19.4. The Morgan fingerprint density at radius 2 is 1.46 bits per heavy atom. The van der Waals surface area contributed by atoms with E-state index in [-0.39, 0.29) is 12.5 Å². The average Bonchev–Trinajstić information content (AvgIpc) is 2.87. The van der Waals surface area contributed by atoms with Crippen LogP contribution in [0.1, 0.15) is 42.1 Å². The summed E-state index contributed by atoms with van der Waals surface area (Å²) in [7, 11) is 0. The van der Waals surface area contributed by atoms with Crippen LogP contribution in [0.3, 0.4) is 0 Å². The molecule has 0 amide bonds. The Morgan fingerprint density at radius 1 is 0.829 bits per heavy atom. The fourth-order valence-corrected chi connectivity index (χ4v) is 4.43. The summed E-state index contributed by atoms with van der Waals surface area (Å²) in [5.41, 5.74) is 3.88. The monoisotopic (exact) mass is 471 g/mol. The third kappa shape index (κ3) is 6.00. The van der Waals surface area contributed by atoms with Gasteiger partial charge in [-0.05, 0) is 41.3 Å². The van der Waals surface area contributed by atoms with Crippen LogP contribution < -0.4 is 0 Å². The third-order valence-corrected chi connectivity index (χ3v) is 6.29. The molecule has 0 aliphatic carbocycles. The van der Waals surface area contributed by atoms with E-state index < -0.39 is 23.6 Å². The molecular formula is C30H27F2NO2. The molecule has 0 bridgehead atoms. The van der Waals surface area contributed by atoms with Gasteiger partial charge in [-0.3, -0.25) is 9.69 Å². The summed E-state index contributed by atoms with van der Waals surface area (Å²) in [6.07, 6.45) is -0.0890. The van der Waals surface area contributed by atoms with Crippen LogP contribution in [0.25, 0.3) is 11.1 Å². The van der Waals surface area contributed by atoms with Crippen LogP contribution >= 0.6 is 0 Å². The molecule has 0 aliphatic heterocycles. The highest BCUT2D eigenvalue weighted by atomic mass is 19.1. The minimum Gasteiger partial charge on any atom is -0.481 e. The Bertz CT molecular complexity index is 1260. The SMILES string of the molecule is C[C@H](c1ccccc1)N(Cc1ccccc1)[C@@H](CC(=O)O)c1ccc(-c2ccc(F)cc2F)cc1. The Hall–Kier alpha value is -3.83. The number of nitrogens with zero attached hydrogens (tertiary/aromatic N) is 1. The Morgan fingerprint density at radius 3 is 2.06 bits per heavy atom. The number of halogens is 2. The zero-order valence-electron chi connectivity index (χ0n) is 19.4. The summed E-state index contributed by atoms with van der Waals surface area (Å²) in [5.74, 6) is -2.17. The molecule has 4 rings (SSSR count). The predicted molar refractivity (Wildman–Crippen MR) is 134 cm³/mol. The van der Waals surface area contributed by atoms with Gasteiger partial charge in [-0.15, -0.1) is 0 Å². The van der Waals surface area contributed by atoms with Crippen molar-refractivity contribution in [2.45, 2.75) is 32.0 Å². The first-order valence-corrected chi connectivity index (χ1v) is 11.5. The predicted octanol–water partition coefficient (Wildman–Crippen LogP) is 7.41. The lowest BCUT2D eigenvalue weighted by Gasteiger charge is -2.37. The van der Waals surface area contributed by atoms with Crippen LogP contribution in [0.5, 0.6) is 0 Å². The van der Waals surface area contributed by atoms with Gasteiger partial charge in [-0.2, -0.15) is 0 Å². The van der Waals surface area contributed by atoms with Crippen molar-refractivity contribution in [1.82, 2.24) is 4.90 Å². The molecule has 178 valence electrons. The second kappa shape index (κ2) is 11.1. The van der Waals surface area contributed by atoms with Crippen molar-refractivity contribution < 1.29 is 18.7 Å². The van der Waals surface area contributed by atoms with Gasteiger partial charge in [0.05, 0.1) is 6.42 Å². The number of hydrogen-bond acceptors (Lipinski definition) is 2. The van der Waals surface area contributed by atoms with Gasteiger partial charge in [0.1, 0.15) is 11.6 Å². The molecule has 0 saturated heterocycles. The highest BCUT2D eigenvalue weighted by molar-refractivity contribution is 5.68. The Labute approximate surface area is 204 Å². The van der Waals surface area contributed by atoms with Gasteiger partial charge in [0, 0.05) is 30.3 Å². The molecule has 4 aromatic carbocycles. The van der Waals surface area contributed by atoms with Crippen molar-refractivity contribution in [3.05, 3.63) is 131 Å². The second-order valence-corrected chi connectivity index (χ2v) is 8.60. The fraction of sp³-hybridized carbons (Fsp3) is 0.167. The van der Waals surface area contributed by atoms with Crippen molar-refractivity contribution in [2.24, 2.45) is 0 Å². The van der Waals surface area contributed by atoms with Crippen LogP contribution in [-0.2, 0) is 11.3 Å². The average molecular weight is 472 g/mol. The molecular weight excluding hydrogens is 444 g/mol. The van der Waals surface area contributed by atoms with E-state index in [2.05, 4.69) is 11.8 Å². The van der Waals surface area contributed by atoms with Crippen molar-refractivity contribution >= 4 is 5.97 Å². The highest BCUT2D eigenvalue weighted by Crippen LogP contribution is 2.35. The van der Waals surface area contributed by atoms with E-state index in [1.54, 1.807) is 12.1 Å². The lowest BCUT2D eigenvalue weighted by atomic mass is 9.94. The quantitative estimate of drug-likeness (QED) is 0.276. The molecule has 0 unspecified atom stereocenters. The molecule has 0 aliphatic rings. The molecule has 0 heterocycles. The third-order valence-electron chi connectivity index (χ3n) is 6.29. The number of benzene rings is 4. The summed E-state index contributed by atoms with van der Waals surface area (Å²) in [6, 6.07) is 30.2. The maximum atomic E-state index is 14.3. The van der Waals surface area contributed by atoms with Crippen LogP contribution in [0.15, 0.2) is 103 Å². The van der Waals surface area contributed by atoms with Gasteiger partial charge in [0.25, 0.3) is 0 Å². The van der Waals surface area contributed by atoms with E-state index in [0.29, 0.717) is 17.7 Å². The molecule has 0 saturated carbocycles. The number of carboxylic acid groups (broad SMARTS) is 1. The highest BCUT2D eigenvalue weighted by Gasteiger charge is 2.28. The first-order chi connectivity index (χ1) is 16.9. The van der Waals surface area contributed by atoms with Gasteiger partial charge >= 0.3 is 5.97 Å². The van der Waals surface area contributed by atoms with Gasteiger partial charge in [-0.25, -0.2) is 8.78 Å². The molecule has 3 nitrogen and oxygen atoms in total. The molecule has 35 heavy (non-hydrogen) atoms. The summed E-state index contributed by atoms with van der Waals surface area (Å²) >= 11 is 0. The smallest absolute Gasteiger partial charge is 0.305 e. The molecule has 4 aromatic rings. The first kappa shape index (κ1) is 24.3.